The van der Waals surface area contributed by atoms with Gasteiger partial charge in [-0.3, -0.25) is 5.10 Å². The number of nitrogens with one attached hydrogen (secondary N) is 1. The zero-order chi connectivity index (χ0) is 17.3. The van der Waals surface area contributed by atoms with E-state index in [9.17, 15) is 9.18 Å². The van der Waals surface area contributed by atoms with Crippen molar-refractivity contribution >= 4 is 11.9 Å². The molecule has 0 atom stereocenters. The van der Waals surface area contributed by atoms with E-state index in [1.54, 1.807) is 37.3 Å². The largest absolute Gasteiger partial charge is 0.475 e. The van der Waals surface area contributed by atoms with Crippen molar-refractivity contribution in [1.82, 2.24) is 25.0 Å². The molecule has 2 aromatic heterocycles. The Morgan fingerprint density at radius 1 is 1.38 bits per heavy atom. The molecule has 0 amide bonds. The lowest BCUT2D eigenvalue weighted by Crippen LogP contribution is -2.20. The number of aromatic carboxylic acids is 1. The van der Waals surface area contributed by atoms with Gasteiger partial charge < -0.3 is 10.0 Å². The fourth-order valence-electron chi connectivity index (χ4n) is 2.42. The van der Waals surface area contributed by atoms with Crippen molar-refractivity contribution in [3.8, 4) is 11.3 Å². The minimum absolute atomic E-state index is 0.259. The van der Waals surface area contributed by atoms with E-state index in [0.717, 1.165) is 16.8 Å². The predicted octanol–water partition coefficient (Wildman–Crippen LogP) is 1.68. The molecule has 0 spiro atoms. The van der Waals surface area contributed by atoms with Gasteiger partial charge in [-0.1, -0.05) is 0 Å². The number of halogens is 1. The molecule has 8 nitrogen and oxygen atoms in total. The molecule has 3 aromatic rings. The second kappa shape index (κ2) is 6.11. The number of aromatic amines is 1. The zero-order valence-electron chi connectivity index (χ0n) is 13.1. The molecule has 0 aliphatic rings. The van der Waals surface area contributed by atoms with E-state index < -0.39 is 5.97 Å². The molecule has 0 saturated carbocycles. The van der Waals surface area contributed by atoms with Gasteiger partial charge in [-0.25, -0.2) is 13.9 Å². The highest BCUT2D eigenvalue weighted by Crippen LogP contribution is 2.23. The zero-order valence-corrected chi connectivity index (χ0v) is 13.1. The molecule has 2 heterocycles. The molecular weight excluding hydrogens is 315 g/mol. The van der Waals surface area contributed by atoms with Crippen molar-refractivity contribution in [3.05, 3.63) is 47.7 Å². The molecule has 124 valence electrons. The molecule has 0 radical (unpaired) electrons. The first-order valence-electron chi connectivity index (χ1n) is 7.09. The summed E-state index contributed by atoms with van der Waals surface area (Å²) in [5.74, 6) is -1.33. The fourth-order valence-corrected chi connectivity index (χ4v) is 2.42. The van der Waals surface area contributed by atoms with Crippen LogP contribution in [0.2, 0.25) is 0 Å². The number of benzene rings is 1. The van der Waals surface area contributed by atoms with E-state index in [1.807, 2.05) is 0 Å². The van der Waals surface area contributed by atoms with Gasteiger partial charge in [0.1, 0.15) is 5.82 Å². The number of anilines is 1. The molecule has 3 rings (SSSR count). The molecule has 1 aromatic carbocycles. The summed E-state index contributed by atoms with van der Waals surface area (Å²) in [4.78, 5) is 16.7. The number of carboxylic acids is 1. The number of rotatable bonds is 5. The summed E-state index contributed by atoms with van der Waals surface area (Å²) in [6, 6.07) is 6.09. The number of nitrogens with zero attached hydrogens (tertiary/aromatic N) is 5. The summed E-state index contributed by atoms with van der Waals surface area (Å²) in [7, 11) is 3.40. The number of hydrogen-bond acceptors (Lipinski definition) is 5. The Hall–Kier alpha value is -3.23. The molecule has 0 saturated heterocycles. The van der Waals surface area contributed by atoms with Crippen LogP contribution < -0.4 is 4.90 Å². The van der Waals surface area contributed by atoms with Crippen LogP contribution in [0.15, 0.2) is 30.5 Å². The van der Waals surface area contributed by atoms with Crippen molar-refractivity contribution in [2.75, 3.05) is 11.9 Å². The average molecular weight is 330 g/mol. The van der Waals surface area contributed by atoms with Crippen molar-refractivity contribution in [3.63, 3.8) is 0 Å². The minimum atomic E-state index is -1.18. The van der Waals surface area contributed by atoms with Gasteiger partial charge in [-0.05, 0) is 24.3 Å². The van der Waals surface area contributed by atoms with Crippen LogP contribution in [-0.2, 0) is 13.6 Å². The number of carbonyl (C=O) groups is 1. The van der Waals surface area contributed by atoms with Gasteiger partial charge in [0, 0.05) is 31.8 Å². The van der Waals surface area contributed by atoms with Gasteiger partial charge in [0.05, 0.1) is 11.9 Å². The van der Waals surface area contributed by atoms with E-state index in [0.29, 0.717) is 12.5 Å². The SMILES string of the molecule is CN(Cc1cn[nH]c1-c1ccc(F)cc1)c1nc(C(=O)O)nn1C. The van der Waals surface area contributed by atoms with E-state index in [1.165, 1.54) is 16.8 Å². The van der Waals surface area contributed by atoms with Crippen LogP contribution in [0.5, 0.6) is 0 Å². The van der Waals surface area contributed by atoms with E-state index in [2.05, 4.69) is 20.3 Å². The number of H-pyrrole nitrogens is 1. The van der Waals surface area contributed by atoms with Crippen molar-refractivity contribution in [2.24, 2.45) is 7.05 Å². The van der Waals surface area contributed by atoms with Gasteiger partial charge in [0.2, 0.25) is 5.95 Å². The lowest BCUT2D eigenvalue weighted by molar-refractivity contribution is 0.0683. The quantitative estimate of drug-likeness (QED) is 0.738. The first-order chi connectivity index (χ1) is 11.5. The third-order valence-corrected chi connectivity index (χ3v) is 3.53. The highest BCUT2D eigenvalue weighted by molar-refractivity contribution is 5.83. The minimum Gasteiger partial charge on any atom is -0.475 e. The van der Waals surface area contributed by atoms with Gasteiger partial charge in [0.25, 0.3) is 5.82 Å². The third kappa shape index (κ3) is 2.96. The molecule has 0 aliphatic carbocycles. The summed E-state index contributed by atoms with van der Waals surface area (Å²) < 4.78 is 14.5. The van der Waals surface area contributed by atoms with Crippen molar-refractivity contribution in [2.45, 2.75) is 6.54 Å². The normalized spacial score (nSPS) is 10.8. The summed E-state index contributed by atoms with van der Waals surface area (Å²) >= 11 is 0. The lowest BCUT2D eigenvalue weighted by atomic mass is 10.1. The van der Waals surface area contributed by atoms with Crippen LogP contribution in [0.25, 0.3) is 11.3 Å². The topological polar surface area (TPSA) is 99.9 Å². The van der Waals surface area contributed by atoms with Crippen LogP contribution in [0.4, 0.5) is 10.3 Å². The molecule has 24 heavy (non-hydrogen) atoms. The number of aromatic nitrogens is 5. The Morgan fingerprint density at radius 2 is 2.08 bits per heavy atom. The summed E-state index contributed by atoms with van der Waals surface area (Å²) in [5, 5.41) is 19.8. The maximum atomic E-state index is 13.1. The van der Waals surface area contributed by atoms with E-state index in [-0.39, 0.29) is 11.6 Å². The molecule has 0 fully saturated rings. The van der Waals surface area contributed by atoms with Crippen LogP contribution in [0.1, 0.15) is 16.2 Å². The maximum Gasteiger partial charge on any atom is 0.375 e. The van der Waals surface area contributed by atoms with Crippen molar-refractivity contribution in [1.29, 1.82) is 0 Å². The van der Waals surface area contributed by atoms with Crippen LogP contribution >= 0.6 is 0 Å². The first kappa shape index (κ1) is 15.7. The highest BCUT2D eigenvalue weighted by atomic mass is 19.1. The standard InChI is InChI=1S/C15H15FN6O2/c1-21(15-18-13(14(23)24)20-22(15)2)8-10-7-17-19-12(10)9-3-5-11(16)6-4-9/h3-7H,8H2,1-2H3,(H,17,19)(H,23,24). The Balaban J connectivity index is 1.85. The molecule has 0 bridgehead atoms. The summed E-state index contributed by atoms with van der Waals surface area (Å²) in [6.07, 6.45) is 1.67. The van der Waals surface area contributed by atoms with Crippen LogP contribution in [0, 0.1) is 5.82 Å². The number of hydrogen-bond donors (Lipinski definition) is 2. The second-order valence-electron chi connectivity index (χ2n) is 5.30. The third-order valence-electron chi connectivity index (χ3n) is 3.53. The average Bonchev–Trinajstić information content (AvgIpc) is 3.15. The summed E-state index contributed by atoms with van der Waals surface area (Å²) in [5.41, 5.74) is 2.44. The Kier molecular flexibility index (Phi) is 3.98. The molecule has 2 N–H and O–H groups in total. The monoisotopic (exact) mass is 330 g/mol. The van der Waals surface area contributed by atoms with Crippen LogP contribution in [0.3, 0.4) is 0 Å². The lowest BCUT2D eigenvalue weighted by Gasteiger charge is -2.17. The predicted molar refractivity (Wildman–Crippen MR) is 84.1 cm³/mol. The Labute approximate surface area is 136 Å². The van der Waals surface area contributed by atoms with Crippen LogP contribution in [-0.4, -0.2) is 43.1 Å². The highest BCUT2D eigenvalue weighted by Gasteiger charge is 2.18. The molecular formula is C15H15FN6O2. The first-order valence-corrected chi connectivity index (χ1v) is 7.09. The molecule has 0 aliphatic heterocycles. The van der Waals surface area contributed by atoms with E-state index in [4.69, 9.17) is 5.11 Å². The van der Waals surface area contributed by atoms with Gasteiger partial charge in [-0.15, -0.1) is 5.10 Å². The fraction of sp³-hybridized carbons (Fsp3) is 0.200. The van der Waals surface area contributed by atoms with Gasteiger partial charge >= 0.3 is 5.97 Å². The Morgan fingerprint density at radius 3 is 2.71 bits per heavy atom. The molecule has 9 heteroatoms. The smallest absolute Gasteiger partial charge is 0.375 e. The number of aryl methyl sites for hydroxylation is 1. The number of carboxylic acid groups (broad SMARTS) is 1. The maximum absolute atomic E-state index is 13.1. The molecule has 0 unspecified atom stereocenters. The van der Waals surface area contributed by atoms with Gasteiger partial charge in [0.15, 0.2) is 0 Å². The van der Waals surface area contributed by atoms with Crippen molar-refractivity contribution < 1.29 is 14.3 Å². The summed E-state index contributed by atoms with van der Waals surface area (Å²) in [6.45, 7) is 0.425. The van der Waals surface area contributed by atoms with E-state index >= 15 is 0 Å². The van der Waals surface area contributed by atoms with Gasteiger partial charge in [-0.2, -0.15) is 10.1 Å². The second-order valence-corrected chi connectivity index (χ2v) is 5.30. The Bertz CT molecular complexity index is 870.